The molecule has 3 heterocycles. The van der Waals surface area contributed by atoms with Crippen LogP contribution in [0.5, 0.6) is 0 Å². The van der Waals surface area contributed by atoms with Crippen molar-refractivity contribution >= 4 is 11.7 Å². The number of nitrogens with zero attached hydrogens (tertiary/aromatic N) is 6. The van der Waals surface area contributed by atoms with Crippen molar-refractivity contribution in [3.05, 3.63) is 35.5 Å². The molecule has 3 rings (SSSR count). The number of likely N-dealkylation sites (tertiary alicyclic amines) is 1. The minimum atomic E-state index is -0.0528. The van der Waals surface area contributed by atoms with Crippen LogP contribution in [0.15, 0.2) is 18.3 Å². The maximum Gasteiger partial charge on any atom is 0.227 e. The molecule has 0 unspecified atom stereocenters. The highest BCUT2D eigenvalue weighted by Crippen LogP contribution is 2.23. The van der Waals surface area contributed by atoms with Gasteiger partial charge in [0.05, 0.1) is 18.2 Å². The van der Waals surface area contributed by atoms with Crippen molar-refractivity contribution in [2.45, 2.75) is 46.6 Å². The number of aryl methyl sites for hydroxylation is 2. The minimum Gasteiger partial charge on any atom is -0.363 e. The van der Waals surface area contributed by atoms with Gasteiger partial charge in [-0.25, -0.2) is 9.97 Å². The molecule has 0 bridgehead atoms. The van der Waals surface area contributed by atoms with Gasteiger partial charge in [0, 0.05) is 45.1 Å². The molecular weight excluding hydrogens is 352 g/mol. The molecule has 0 saturated carbocycles. The van der Waals surface area contributed by atoms with Gasteiger partial charge < -0.3 is 9.80 Å². The molecule has 0 N–H and O–H groups in total. The topological polar surface area (TPSA) is 67.2 Å². The van der Waals surface area contributed by atoms with Gasteiger partial charge in [0.25, 0.3) is 0 Å². The lowest BCUT2D eigenvalue weighted by Crippen LogP contribution is -2.42. The number of aromatic nitrogens is 4. The quantitative estimate of drug-likeness (QED) is 0.765. The van der Waals surface area contributed by atoms with Gasteiger partial charge in [0.15, 0.2) is 0 Å². The summed E-state index contributed by atoms with van der Waals surface area (Å²) in [5.74, 6) is 2.52. The molecule has 7 heteroatoms. The molecule has 0 aliphatic carbocycles. The third kappa shape index (κ3) is 5.09. The normalized spacial score (nSPS) is 16.2. The molecule has 1 amide bonds. The standard InChI is InChI=1S/C21H32N6O/c1-15(14-27-11-6-16(2)24-27)21(28)26-9-7-18(8-10-26)12-19-13-20(25(4)5)23-17(3)22-19/h6,11,13,15,18H,7-10,12,14H2,1-5H3/t15-/m0/s1. The van der Waals surface area contributed by atoms with Crippen molar-refractivity contribution in [1.82, 2.24) is 24.6 Å². The van der Waals surface area contributed by atoms with Gasteiger partial charge in [0.1, 0.15) is 11.6 Å². The van der Waals surface area contributed by atoms with Crippen LogP contribution in [0.4, 0.5) is 5.82 Å². The Hall–Kier alpha value is -2.44. The molecular formula is C21H32N6O. The first-order valence-corrected chi connectivity index (χ1v) is 10.1. The average molecular weight is 385 g/mol. The summed E-state index contributed by atoms with van der Waals surface area (Å²) in [5, 5.41) is 4.39. The first kappa shape index (κ1) is 20.3. The highest BCUT2D eigenvalue weighted by molar-refractivity contribution is 5.78. The molecule has 1 aliphatic rings. The Kier molecular flexibility index (Phi) is 6.31. The monoisotopic (exact) mass is 384 g/mol. The molecule has 28 heavy (non-hydrogen) atoms. The molecule has 0 aromatic carbocycles. The lowest BCUT2D eigenvalue weighted by Gasteiger charge is -2.33. The first-order chi connectivity index (χ1) is 13.3. The molecule has 1 atom stereocenters. The largest absolute Gasteiger partial charge is 0.363 e. The van der Waals surface area contributed by atoms with Crippen LogP contribution >= 0.6 is 0 Å². The van der Waals surface area contributed by atoms with Crippen LogP contribution < -0.4 is 4.90 Å². The van der Waals surface area contributed by atoms with E-state index in [1.165, 1.54) is 0 Å². The van der Waals surface area contributed by atoms with Crippen LogP contribution in [0.1, 0.15) is 37.0 Å². The fourth-order valence-electron chi connectivity index (χ4n) is 3.83. The number of hydrogen-bond acceptors (Lipinski definition) is 5. The summed E-state index contributed by atoms with van der Waals surface area (Å²) in [6.45, 7) is 8.21. The number of amides is 1. The zero-order valence-corrected chi connectivity index (χ0v) is 17.7. The Bertz CT molecular complexity index is 807. The Morgan fingerprint density at radius 1 is 1.25 bits per heavy atom. The maximum absolute atomic E-state index is 12.8. The van der Waals surface area contributed by atoms with Crippen molar-refractivity contribution < 1.29 is 4.79 Å². The summed E-state index contributed by atoms with van der Waals surface area (Å²) in [7, 11) is 4.00. The highest BCUT2D eigenvalue weighted by Gasteiger charge is 2.26. The molecule has 2 aromatic rings. The molecule has 0 spiro atoms. The predicted octanol–water partition coefficient (Wildman–Crippen LogP) is 2.47. The van der Waals surface area contributed by atoms with Gasteiger partial charge in [-0.05, 0) is 45.1 Å². The lowest BCUT2D eigenvalue weighted by molar-refractivity contribution is -0.136. The summed E-state index contributed by atoms with van der Waals surface area (Å²) in [5.41, 5.74) is 2.08. The van der Waals surface area contributed by atoms with E-state index >= 15 is 0 Å². The molecule has 0 radical (unpaired) electrons. The van der Waals surface area contributed by atoms with Crippen LogP contribution in [-0.4, -0.2) is 57.7 Å². The summed E-state index contributed by atoms with van der Waals surface area (Å²) in [6, 6.07) is 4.05. The van der Waals surface area contributed by atoms with E-state index in [2.05, 4.69) is 21.1 Å². The second kappa shape index (κ2) is 8.71. The van der Waals surface area contributed by atoms with E-state index in [0.29, 0.717) is 12.5 Å². The summed E-state index contributed by atoms with van der Waals surface area (Å²) < 4.78 is 1.87. The summed E-state index contributed by atoms with van der Waals surface area (Å²) >= 11 is 0. The average Bonchev–Trinajstić information content (AvgIpc) is 3.06. The fourth-order valence-corrected chi connectivity index (χ4v) is 3.83. The molecule has 152 valence electrons. The number of carbonyl (C=O) groups excluding carboxylic acids is 1. The van der Waals surface area contributed by atoms with Gasteiger partial charge in [-0.15, -0.1) is 0 Å². The second-order valence-corrected chi connectivity index (χ2v) is 8.21. The van der Waals surface area contributed by atoms with Crippen LogP contribution in [0.3, 0.4) is 0 Å². The third-order valence-electron chi connectivity index (χ3n) is 5.42. The number of anilines is 1. The van der Waals surface area contributed by atoms with Gasteiger partial charge in [-0.2, -0.15) is 5.10 Å². The zero-order chi connectivity index (χ0) is 20.3. The zero-order valence-electron chi connectivity index (χ0n) is 17.7. The summed E-state index contributed by atoms with van der Waals surface area (Å²) in [6.07, 6.45) is 4.95. The van der Waals surface area contributed by atoms with Gasteiger partial charge in [0.2, 0.25) is 5.91 Å². The Labute approximate surface area is 167 Å². The predicted molar refractivity (Wildman–Crippen MR) is 110 cm³/mol. The van der Waals surface area contributed by atoms with Crippen molar-refractivity contribution in [2.75, 3.05) is 32.1 Å². The SMILES string of the molecule is Cc1ccn(C[C@H](C)C(=O)N2CCC(Cc3cc(N(C)C)nc(C)n3)CC2)n1. The van der Waals surface area contributed by atoms with Crippen molar-refractivity contribution in [3.8, 4) is 0 Å². The van der Waals surface area contributed by atoms with Crippen molar-refractivity contribution in [3.63, 3.8) is 0 Å². The highest BCUT2D eigenvalue weighted by atomic mass is 16.2. The number of hydrogen-bond donors (Lipinski definition) is 0. The van der Waals surface area contributed by atoms with Gasteiger partial charge in [-0.1, -0.05) is 6.92 Å². The Balaban J connectivity index is 1.52. The van der Waals surface area contributed by atoms with Crippen LogP contribution in [0, 0.1) is 25.7 Å². The molecule has 2 aromatic heterocycles. The summed E-state index contributed by atoms with van der Waals surface area (Å²) in [4.78, 5) is 25.9. The Morgan fingerprint density at radius 3 is 2.57 bits per heavy atom. The number of rotatable bonds is 6. The third-order valence-corrected chi connectivity index (χ3v) is 5.42. The van der Waals surface area contributed by atoms with Crippen LogP contribution in [0.2, 0.25) is 0 Å². The fraction of sp³-hybridized carbons (Fsp3) is 0.619. The van der Waals surface area contributed by atoms with E-state index in [1.807, 2.05) is 61.6 Å². The van der Waals surface area contributed by atoms with Crippen molar-refractivity contribution in [2.24, 2.45) is 11.8 Å². The van der Waals surface area contributed by atoms with Gasteiger partial charge >= 0.3 is 0 Å². The minimum absolute atomic E-state index is 0.0528. The van der Waals surface area contributed by atoms with Crippen molar-refractivity contribution in [1.29, 1.82) is 0 Å². The first-order valence-electron chi connectivity index (χ1n) is 10.1. The lowest BCUT2D eigenvalue weighted by atomic mass is 9.91. The number of carbonyl (C=O) groups is 1. The number of piperidine rings is 1. The van der Waals surface area contributed by atoms with Gasteiger partial charge in [-0.3, -0.25) is 9.48 Å². The molecule has 1 saturated heterocycles. The van der Waals surface area contributed by atoms with E-state index in [9.17, 15) is 4.79 Å². The molecule has 1 aliphatic heterocycles. The smallest absolute Gasteiger partial charge is 0.227 e. The van der Waals surface area contributed by atoms with Crippen LogP contribution in [-0.2, 0) is 17.8 Å². The van der Waals surface area contributed by atoms with E-state index in [0.717, 1.165) is 55.4 Å². The van der Waals surface area contributed by atoms with E-state index in [4.69, 9.17) is 0 Å². The van der Waals surface area contributed by atoms with E-state index < -0.39 is 0 Å². The Morgan fingerprint density at radius 2 is 1.96 bits per heavy atom. The second-order valence-electron chi connectivity index (χ2n) is 8.21. The molecule has 7 nitrogen and oxygen atoms in total. The van der Waals surface area contributed by atoms with E-state index in [-0.39, 0.29) is 11.8 Å². The van der Waals surface area contributed by atoms with Crippen LogP contribution in [0.25, 0.3) is 0 Å². The molecule has 1 fully saturated rings. The maximum atomic E-state index is 12.8. The van der Waals surface area contributed by atoms with E-state index in [1.54, 1.807) is 0 Å².